The molecule has 0 atom stereocenters. The number of rotatable bonds is 7. The molecule has 1 saturated heterocycles. The van der Waals surface area contributed by atoms with Gasteiger partial charge in [0.15, 0.2) is 0 Å². The third kappa shape index (κ3) is 6.19. The lowest BCUT2D eigenvalue weighted by molar-refractivity contribution is 0.0931. The molecule has 0 unspecified atom stereocenters. The minimum Gasteiger partial charge on any atom is -0.449 e. The Kier molecular flexibility index (Phi) is 7.35. The van der Waals surface area contributed by atoms with Crippen LogP contribution in [0.4, 0.5) is 4.79 Å². The van der Waals surface area contributed by atoms with Crippen molar-refractivity contribution >= 4 is 6.09 Å². The molecular weight excluding hydrogens is 384 g/mol. The summed E-state index contributed by atoms with van der Waals surface area (Å²) in [5.41, 5.74) is 3.43. The zero-order chi connectivity index (χ0) is 21.3. The Balaban J connectivity index is 1.26. The highest BCUT2D eigenvalue weighted by molar-refractivity contribution is 5.68. The number of piperidine rings is 1. The van der Waals surface area contributed by atoms with Crippen LogP contribution in [0.2, 0.25) is 0 Å². The number of hydrogen-bond donors (Lipinski definition) is 1. The Labute approximate surface area is 184 Å². The van der Waals surface area contributed by atoms with Crippen LogP contribution in [0.3, 0.4) is 0 Å². The number of nitrogens with one attached hydrogen (secondary N) is 1. The van der Waals surface area contributed by atoms with E-state index < -0.39 is 0 Å². The van der Waals surface area contributed by atoms with Crippen LogP contribution >= 0.6 is 0 Å². The first-order chi connectivity index (χ1) is 15.3. The summed E-state index contributed by atoms with van der Waals surface area (Å²) >= 11 is 0. The highest BCUT2D eigenvalue weighted by Gasteiger charge is 2.22. The number of alkyl carbamates (subject to hydrolysis) is 1. The summed E-state index contributed by atoms with van der Waals surface area (Å²) in [4.78, 5) is 15.1. The number of amides is 1. The van der Waals surface area contributed by atoms with Crippen LogP contribution < -0.4 is 5.32 Å². The van der Waals surface area contributed by atoms with E-state index in [4.69, 9.17) is 4.74 Å². The molecule has 0 bridgehead atoms. The molecule has 4 nitrogen and oxygen atoms in total. The number of nitrogens with zero attached hydrogens (tertiary/aromatic N) is 1. The molecule has 4 heteroatoms. The fraction of sp³-hybridized carbons (Fsp3) is 0.296. The number of hydrogen-bond acceptors (Lipinski definition) is 3. The number of ether oxygens (including phenoxy) is 1. The zero-order valence-corrected chi connectivity index (χ0v) is 17.8. The number of carbonyl (C=O) groups is 1. The lowest BCUT2D eigenvalue weighted by Gasteiger charge is -2.31. The molecule has 3 aromatic rings. The first-order valence-electron chi connectivity index (χ1n) is 11.1. The van der Waals surface area contributed by atoms with E-state index in [1.165, 1.54) is 5.56 Å². The van der Waals surface area contributed by atoms with Gasteiger partial charge >= 0.3 is 6.09 Å². The van der Waals surface area contributed by atoms with E-state index in [-0.39, 0.29) is 12.1 Å². The molecule has 3 aromatic carbocycles. The Morgan fingerprint density at radius 1 is 0.839 bits per heavy atom. The second-order valence-electron chi connectivity index (χ2n) is 8.20. The largest absolute Gasteiger partial charge is 0.449 e. The summed E-state index contributed by atoms with van der Waals surface area (Å²) < 4.78 is 5.64. The predicted molar refractivity (Wildman–Crippen MR) is 124 cm³/mol. The quantitative estimate of drug-likeness (QED) is 0.562. The smallest absolute Gasteiger partial charge is 0.407 e. The van der Waals surface area contributed by atoms with E-state index in [0.717, 1.165) is 43.6 Å². The van der Waals surface area contributed by atoms with Crippen LogP contribution in [-0.4, -0.2) is 30.7 Å². The molecule has 1 amide bonds. The van der Waals surface area contributed by atoms with Crippen LogP contribution in [0.5, 0.6) is 0 Å². The van der Waals surface area contributed by atoms with Gasteiger partial charge < -0.3 is 10.1 Å². The molecule has 0 aliphatic carbocycles. The summed E-state index contributed by atoms with van der Waals surface area (Å²) in [7, 11) is 0. The maximum atomic E-state index is 12.6. The summed E-state index contributed by atoms with van der Waals surface area (Å²) in [5.74, 6) is 0.421. The first kappa shape index (κ1) is 21.1. The standard InChI is InChI=1S/C27H30N2O2/c30-27(28-26(24-12-6-2-7-13-24)25-14-8-3-9-15-25)31-21-23-16-18-29(19-17-23)20-22-10-4-1-5-11-22/h1-15,23,26H,16-21H2,(H,28,30). The van der Waals surface area contributed by atoms with Crippen molar-refractivity contribution in [3.05, 3.63) is 108 Å². The fourth-order valence-corrected chi connectivity index (χ4v) is 4.16. The van der Waals surface area contributed by atoms with Crippen molar-refractivity contribution in [2.45, 2.75) is 25.4 Å². The lowest BCUT2D eigenvalue weighted by Crippen LogP contribution is -2.36. The van der Waals surface area contributed by atoms with Crippen molar-refractivity contribution in [3.63, 3.8) is 0 Å². The number of carbonyl (C=O) groups excluding carboxylic acids is 1. The Morgan fingerprint density at radius 3 is 1.90 bits per heavy atom. The second kappa shape index (κ2) is 10.8. The van der Waals surface area contributed by atoms with Crippen LogP contribution in [-0.2, 0) is 11.3 Å². The van der Waals surface area contributed by atoms with Gasteiger partial charge in [0.1, 0.15) is 0 Å². The predicted octanol–water partition coefficient (Wildman–Crippen LogP) is 5.41. The van der Waals surface area contributed by atoms with Crippen molar-refractivity contribution in [2.75, 3.05) is 19.7 Å². The van der Waals surface area contributed by atoms with E-state index >= 15 is 0 Å². The molecule has 0 spiro atoms. The Morgan fingerprint density at radius 2 is 1.35 bits per heavy atom. The van der Waals surface area contributed by atoms with Crippen molar-refractivity contribution in [1.29, 1.82) is 0 Å². The molecule has 31 heavy (non-hydrogen) atoms. The molecule has 0 saturated carbocycles. The highest BCUT2D eigenvalue weighted by Crippen LogP contribution is 2.23. The molecule has 4 rings (SSSR count). The summed E-state index contributed by atoms with van der Waals surface area (Å²) in [6.07, 6.45) is 1.76. The molecule has 1 aliphatic heterocycles. The maximum Gasteiger partial charge on any atom is 0.407 e. The van der Waals surface area contributed by atoms with Gasteiger partial charge in [-0.15, -0.1) is 0 Å². The van der Waals surface area contributed by atoms with E-state index in [2.05, 4.69) is 40.5 Å². The third-order valence-corrected chi connectivity index (χ3v) is 5.93. The van der Waals surface area contributed by atoms with Gasteiger partial charge in [-0.3, -0.25) is 4.90 Å². The SMILES string of the molecule is O=C(NC(c1ccccc1)c1ccccc1)OCC1CCN(Cc2ccccc2)CC1. The van der Waals surface area contributed by atoms with Gasteiger partial charge in [-0.25, -0.2) is 4.79 Å². The third-order valence-electron chi connectivity index (χ3n) is 5.93. The van der Waals surface area contributed by atoms with Crippen LogP contribution in [0.25, 0.3) is 0 Å². The topological polar surface area (TPSA) is 41.6 Å². The molecule has 1 aliphatic rings. The average molecular weight is 415 g/mol. The lowest BCUT2D eigenvalue weighted by atomic mass is 9.97. The Hall–Kier alpha value is -3.11. The maximum absolute atomic E-state index is 12.6. The monoisotopic (exact) mass is 414 g/mol. The van der Waals surface area contributed by atoms with E-state index in [1.54, 1.807) is 0 Å². The summed E-state index contributed by atoms with van der Waals surface area (Å²) in [5, 5.41) is 3.06. The molecule has 1 heterocycles. The fourth-order valence-electron chi connectivity index (χ4n) is 4.16. The van der Waals surface area contributed by atoms with Gasteiger partial charge in [0.2, 0.25) is 0 Å². The molecule has 0 radical (unpaired) electrons. The van der Waals surface area contributed by atoms with Gasteiger partial charge in [-0.2, -0.15) is 0 Å². The molecule has 1 N–H and O–H groups in total. The van der Waals surface area contributed by atoms with Gasteiger partial charge in [-0.1, -0.05) is 91.0 Å². The van der Waals surface area contributed by atoms with E-state index in [9.17, 15) is 4.79 Å². The van der Waals surface area contributed by atoms with Crippen LogP contribution in [0.1, 0.15) is 35.6 Å². The van der Waals surface area contributed by atoms with Gasteiger partial charge in [0, 0.05) is 6.54 Å². The molecule has 160 valence electrons. The molecule has 0 aromatic heterocycles. The van der Waals surface area contributed by atoms with Crippen LogP contribution in [0.15, 0.2) is 91.0 Å². The van der Waals surface area contributed by atoms with Crippen LogP contribution in [0, 0.1) is 5.92 Å². The minimum absolute atomic E-state index is 0.220. The average Bonchev–Trinajstić information content (AvgIpc) is 2.84. The molecule has 1 fully saturated rings. The van der Waals surface area contributed by atoms with Crippen molar-refractivity contribution < 1.29 is 9.53 Å². The van der Waals surface area contributed by atoms with Crippen molar-refractivity contribution in [1.82, 2.24) is 10.2 Å². The normalized spacial score (nSPS) is 15.0. The number of benzene rings is 3. The summed E-state index contributed by atoms with van der Waals surface area (Å²) in [6.45, 7) is 3.55. The first-order valence-corrected chi connectivity index (χ1v) is 11.1. The second-order valence-corrected chi connectivity index (χ2v) is 8.20. The molecular formula is C27H30N2O2. The zero-order valence-electron chi connectivity index (χ0n) is 17.8. The van der Waals surface area contributed by atoms with Gasteiger partial charge in [0.25, 0.3) is 0 Å². The highest BCUT2D eigenvalue weighted by atomic mass is 16.5. The number of likely N-dealkylation sites (tertiary alicyclic amines) is 1. The Bertz CT molecular complexity index is 884. The minimum atomic E-state index is -0.357. The van der Waals surface area contributed by atoms with E-state index in [1.807, 2.05) is 60.7 Å². The van der Waals surface area contributed by atoms with Gasteiger partial charge in [-0.05, 0) is 48.5 Å². The van der Waals surface area contributed by atoms with Crippen molar-refractivity contribution in [3.8, 4) is 0 Å². The van der Waals surface area contributed by atoms with Gasteiger partial charge in [0.05, 0.1) is 12.6 Å². The van der Waals surface area contributed by atoms with Crippen molar-refractivity contribution in [2.24, 2.45) is 5.92 Å². The summed E-state index contributed by atoms with van der Waals surface area (Å²) in [6, 6.07) is 30.4. The van der Waals surface area contributed by atoms with E-state index in [0.29, 0.717) is 12.5 Å².